The second kappa shape index (κ2) is 4.27. The molecule has 1 aliphatic carbocycles. The SMILES string of the molecule is OC1C=C(CC2CSc3ccccc32)CC1. The van der Waals surface area contributed by atoms with Crippen molar-refractivity contribution in [1.29, 1.82) is 0 Å². The van der Waals surface area contributed by atoms with Gasteiger partial charge in [0.2, 0.25) is 0 Å². The van der Waals surface area contributed by atoms with Crippen LogP contribution in [0.25, 0.3) is 0 Å². The molecule has 1 aromatic carbocycles. The van der Waals surface area contributed by atoms with Crippen LogP contribution in [0.2, 0.25) is 0 Å². The Morgan fingerprint density at radius 3 is 3.00 bits per heavy atom. The number of hydrogen-bond donors (Lipinski definition) is 1. The molecule has 1 aliphatic heterocycles. The molecule has 0 fully saturated rings. The highest BCUT2D eigenvalue weighted by Gasteiger charge is 2.25. The summed E-state index contributed by atoms with van der Waals surface area (Å²) in [6.45, 7) is 0. The molecule has 0 bridgehead atoms. The van der Waals surface area contributed by atoms with Gasteiger partial charge >= 0.3 is 0 Å². The van der Waals surface area contributed by atoms with Crippen LogP contribution in [0.15, 0.2) is 40.8 Å². The summed E-state index contributed by atoms with van der Waals surface area (Å²) in [4.78, 5) is 1.45. The Bertz CT molecular complexity index is 424. The van der Waals surface area contributed by atoms with Crippen LogP contribution in [0, 0.1) is 0 Å². The summed E-state index contributed by atoms with van der Waals surface area (Å²) in [5.41, 5.74) is 2.96. The Balaban J connectivity index is 1.76. The first-order chi connectivity index (χ1) is 7.83. The zero-order chi connectivity index (χ0) is 11.0. The van der Waals surface area contributed by atoms with Crippen molar-refractivity contribution in [3.05, 3.63) is 41.5 Å². The van der Waals surface area contributed by atoms with E-state index in [4.69, 9.17) is 0 Å². The number of allylic oxidation sites excluding steroid dienone is 1. The van der Waals surface area contributed by atoms with E-state index >= 15 is 0 Å². The van der Waals surface area contributed by atoms with Gasteiger partial charge in [-0.1, -0.05) is 29.8 Å². The van der Waals surface area contributed by atoms with Crippen LogP contribution in [0.1, 0.15) is 30.7 Å². The highest BCUT2D eigenvalue weighted by atomic mass is 32.2. The van der Waals surface area contributed by atoms with Crippen LogP contribution in [0.4, 0.5) is 0 Å². The quantitative estimate of drug-likeness (QED) is 0.789. The van der Waals surface area contributed by atoms with E-state index in [1.54, 1.807) is 0 Å². The number of fused-ring (bicyclic) bond motifs is 1. The van der Waals surface area contributed by atoms with Gasteiger partial charge in [-0.15, -0.1) is 11.8 Å². The normalized spacial score (nSPS) is 27.9. The second-order valence-electron chi connectivity index (χ2n) is 4.68. The van der Waals surface area contributed by atoms with Gasteiger partial charge in [0.05, 0.1) is 6.10 Å². The fourth-order valence-corrected chi connectivity index (χ4v) is 3.91. The maximum Gasteiger partial charge on any atom is 0.0726 e. The van der Waals surface area contributed by atoms with Crippen molar-refractivity contribution in [2.75, 3.05) is 5.75 Å². The zero-order valence-electron chi connectivity index (χ0n) is 9.23. The average molecular weight is 232 g/mol. The lowest BCUT2D eigenvalue weighted by molar-refractivity contribution is 0.223. The summed E-state index contributed by atoms with van der Waals surface area (Å²) in [5, 5.41) is 9.49. The third kappa shape index (κ3) is 1.92. The van der Waals surface area contributed by atoms with Crippen molar-refractivity contribution in [3.8, 4) is 0 Å². The molecule has 1 N–H and O–H groups in total. The molecule has 1 aromatic rings. The van der Waals surface area contributed by atoms with Crippen LogP contribution in [0.3, 0.4) is 0 Å². The van der Waals surface area contributed by atoms with E-state index in [2.05, 4.69) is 30.3 Å². The fraction of sp³-hybridized carbons (Fsp3) is 0.429. The molecule has 0 aromatic heterocycles. The monoisotopic (exact) mass is 232 g/mol. The summed E-state index contributed by atoms with van der Waals surface area (Å²) >= 11 is 1.97. The fourth-order valence-electron chi connectivity index (χ4n) is 2.66. The molecule has 1 nitrogen and oxygen atoms in total. The number of thioether (sulfide) groups is 1. The van der Waals surface area contributed by atoms with E-state index in [1.807, 2.05) is 11.8 Å². The predicted molar refractivity (Wildman–Crippen MR) is 67.8 cm³/mol. The van der Waals surface area contributed by atoms with E-state index in [9.17, 15) is 5.11 Å². The summed E-state index contributed by atoms with van der Waals surface area (Å²) in [5.74, 6) is 1.87. The molecule has 0 saturated heterocycles. The second-order valence-corrected chi connectivity index (χ2v) is 5.74. The first-order valence-corrected chi connectivity index (χ1v) is 6.91. The minimum absolute atomic E-state index is 0.181. The van der Waals surface area contributed by atoms with Gasteiger partial charge in [-0.05, 0) is 36.8 Å². The van der Waals surface area contributed by atoms with Crippen molar-refractivity contribution >= 4 is 11.8 Å². The standard InChI is InChI=1S/C14H16OS/c15-12-6-5-10(8-12)7-11-9-16-14-4-2-1-3-13(11)14/h1-4,8,11-12,15H,5-7,9H2. The highest BCUT2D eigenvalue weighted by Crippen LogP contribution is 2.43. The third-order valence-corrected chi connectivity index (χ3v) is 4.75. The Hall–Kier alpha value is -0.730. The lowest BCUT2D eigenvalue weighted by Crippen LogP contribution is -1.98. The Labute approximate surface area is 101 Å². The molecule has 16 heavy (non-hydrogen) atoms. The van der Waals surface area contributed by atoms with Gasteiger partial charge in [0.1, 0.15) is 0 Å². The molecule has 84 valence electrons. The van der Waals surface area contributed by atoms with Crippen molar-refractivity contribution in [1.82, 2.24) is 0 Å². The number of rotatable bonds is 2. The molecule has 1 heterocycles. The minimum Gasteiger partial charge on any atom is -0.389 e. The summed E-state index contributed by atoms with van der Waals surface area (Å²) < 4.78 is 0. The number of benzene rings is 1. The molecule has 0 saturated carbocycles. The molecule has 0 spiro atoms. The molecule has 3 rings (SSSR count). The predicted octanol–water partition coefficient (Wildman–Crippen LogP) is 3.35. The lowest BCUT2D eigenvalue weighted by Gasteiger charge is -2.10. The van der Waals surface area contributed by atoms with Gasteiger partial charge in [0.15, 0.2) is 0 Å². The number of hydrogen-bond acceptors (Lipinski definition) is 2. The Morgan fingerprint density at radius 1 is 1.31 bits per heavy atom. The van der Waals surface area contributed by atoms with Gasteiger partial charge in [-0.3, -0.25) is 0 Å². The zero-order valence-corrected chi connectivity index (χ0v) is 10.0. The van der Waals surface area contributed by atoms with E-state index in [0.29, 0.717) is 5.92 Å². The van der Waals surface area contributed by atoms with Gasteiger partial charge in [-0.2, -0.15) is 0 Å². The van der Waals surface area contributed by atoms with E-state index < -0.39 is 0 Å². The average Bonchev–Trinajstić information content (AvgIpc) is 2.87. The van der Waals surface area contributed by atoms with Crippen molar-refractivity contribution in [2.24, 2.45) is 0 Å². The minimum atomic E-state index is -0.181. The number of aliphatic hydroxyl groups is 1. The van der Waals surface area contributed by atoms with Gasteiger partial charge < -0.3 is 5.11 Å². The third-order valence-electron chi connectivity index (χ3n) is 3.50. The maximum absolute atomic E-state index is 9.49. The topological polar surface area (TPSA) is 20.2 Å². The van der Waals surface area contributed by atoms with Crippen LogP contribution in [-0.4, -0.2) is 17.0 Å². The highest BCUT2D eigenvalue weighted by molar-refractivity contribution is 7.99. The van der Waals surface area contributed by atoms with Crippen LogP contribution in [0.5, 0.6) is 0 Å². The van der Waals surface area contributed by atoms with Gasteiger partial charge in [0.25, 0.3) is 0 Å². The van der Waals surface area contributed by atoms with Gasteiger partial charge in [0, 0.05) is 10.6 Å². The Morgan fingerprint density at radius 2 is 2.19 bits per heavy atom. The summed E-state index contributed by atoms with van der Waals surface area (Å²) in [6.07, 6.45) is 5.04. The van der Waals surface area contributed by atoms with Gasteiger partial charge in [-0.25, -0.2) is 0 Å². The summed E-state index contributed by atoms with van der Waals surface area (Å²) in [6, 6.07) is 8.73. The maximum atomic E-state index is 9.49. The Kier molecular flexibility index (Phi) is 2.78. The molecule has 2 heteroatoms. The van der Waals surface area contributed by atoms with Crippen molar-refractivity contribution in [3.63, 3.8) is 0 Å². The molecule has 2 aliphatic rings. The molecule has 2 atom stereocenters. The van der Waals surface area contributed by atoms with Crippen LogP contribution in [-0.2, 0) is 0 Å². The molecule has 2 unspecified atom stereocenters. The lowest BCUT2D eigenvalue weighted by atomic mass is 9.93. The molecular weight excluding hydrogens is 216 g/mol. The molecule has 0 radical (unpaired) electrons. The van der Waals surface area contributed by atoms with E-state index in [1.165, 1.54) is 21.8 Å². The molecular formula is C14H16OS. The molecule has 0 amide bonds. The van der Waals surface area contributed by atoms with E-state index in [0.717, 1.165) is 19.3 Å². The van der Waals surface area contributed by atoms with Crippen molar-refractivity contribution in [2.45, 2.75) is 36.2 Å². The smallest absolute Gasteiger partial charge is 0.0726 e. The largest absolute Gasteiger partial charge is 0.389 e. The first kappa shape index (κ1) is 10.4. The summed E-state index contributed by atoms with van der Waals surface area (Å²) in [7, 11) is 0. The van der Waals surface area contributed by atoms with Crippen molar-refractivity contribution < 1.29 is 5.11 Å². The van der Waals surface area contributed by atoms with Crippen LogP contribution < -0.4 is 0 Å². The van der Waals surface area contributed by atoms with Crippen LogP contribution >= 0.6 is 11.8 Å². The number of aliphatic hydroxyl groups excluding tert-OH is 1. The first-order valence-electron chi connectivity index (χ1n) is 5.92. The van der Waals surface area contributed by atoms with E-state index in [-0.39, 0.29) is 6.10 Å².